The number of hydrogen-bond donors (Lipinski definition) is 2. The Kier molecular flexibility index (Phi) is 5.39. The van der Waals surface area contributed by atoms with E-state index in [-0.39, 0.29) is 17.6 Å². The summed E-state index contributed by atoms with van der Waals surface area (Å²) in [5.41, 5.74) is 2.82. The van der Waals surface area contributed by atoms with Crippen molar-refractivity contribution in [3.05, 3.63) is 53.2 Å². The Hall–Kier alpha value is -3.63. The lowest BCUT2D eigenvalue weighted by Crippen LogP contribution is -2.48. The number of pyridine rings is 1. The van der Waals surface area contributed by atoms with Gasteiger partial charge in [0.2, 0.25) is 11.9 Å². The number of anilines is 3. The minimum atomic E-state index is -2.58. The zero-order valence-corrected chi connectivity index (χ0v) is 18.3. The van der Waals surface area contributed by atoms with E-state index in [1.54, 1.807) is 16.9 Å². The van der Waals surface area contributed by atoms with Gasteiger partial charge >= 0.3 is 0 Å². The van der Waals surface area contributed by atoms with Crippen molar-refractivity contribution in [1.29, 1.82) is 0 Å². The third-order valence-electron chi connectivity index (χ3n) is 5.96. The molecule has 11 heteroatoms. The fourth-order valence-electron chi connectivity index (χ4n) is 4.10. The maximum Gasteiger partial charge on any atom is 0.280 e. The van der Waals surface area contributed by atoms with Gasteiger partial charge in [-0.2, -0.15) is 10.1 Å². The number of nitrogens with zero attached hydrogens (tertiary/aromatic N) is 6. The molecule has 1 fully saturated rings. The highest BCUT2D eigenvalue weighted by atomic mass is 19.3. The highest BCUT2D eigenvalue weighted by Crippen LogP contribution is 2.41. The number of nitrogens with one attached hydrogen (secondary N) is 2. The van der Waals surface area contributed by atoms with E-state index in [2.05, 4.69) is 30.7 Å². The van der Waals surface area contributed by atoms with Gasteiger partial charge in [0.25, 0.3) is 6.43 Å². The first-order valence-electron chi connectivity index (χ1n) is 10.8. The van der Waals surface area contributed by atoms with Crippen LogP contribution in [0.3, 0.4) is 0 Å². The molecule has 3 aromatic rings. The quantitative estimate of drug-likeness (QED) is 0.566. The van der Waals surface area contributed by atoms with Crippen LogP contribution in [-0.4, -0.2) is 43.7 Å². The molecule has 0 aromatic carbocycles. The third-order valence-corrected chi connectivity index (χ3v) is 5.96. The average molecular weight is 454 g/mol. The van der Waals surface area contributed by atoms with Crippen LogP contribution in [0.5, 0.6) is 0 Å². The van der Waals surface area contributed by atoms with Crippen LogP contribution in [0.1, 0.15) is 41.8 Å². The van der Waals surface area contributed by atoms with Crippen LogP contribution in [-0.2, 0) is 17.9 Å². The molecule has 1 amide bonds. The van der Waals surface area contributed by atoms with Gasteiger partial charge in [0, 0.05) is 31.5 Å². The van der Waals surface area contributed by atoms with E-state index >= 15 is 0 Å². The molecule has 1 saturated carbocycles. The summed E-state index contributed by atoms with van der Waals surface area (Å²) < 4.78 is 27.0. The molecular weight excluding hydrogens is 430 g/mol. The Labute approximate surface area is 189 Å². The zero-order chi connectivity index (χ0) is 23.1. The van der Waals surface area contributed by atoms with Crippen LogP contribution in [0, 0.1) is 12.8 Å². The molecule has 1 unspecified atom stereocenters. The number of fused-ring (bicyclic) bond motifs is 1. The van der Waals surface area contributed by atoms with Gasteiger partial charge in [-0.25, -0.2) is 13.8 Å². The normalized spacial score (nSPS) is 17.8. The van der Waals surface area contributed by atoms with Crippen molar-refractivity contribution in [2.24, 2.45) is 5.92 Å². The van der Waals surface area contributed by atoms with Crippen LogP contribution in [0.25, 0.3) is 0 Å². The Morgan fingerprint density at radius 1 is 1.21 bits per heavy atom. The van der Waals surface area contributed by atoms with Crippen molar-refractivity contribution in [1.82, 2.24) is 24.7 Å². The molecule has 0 spiro atoms. The lowest BCUT2D eigenvalue weighted by Gasteiger charge is -2.35. The summed E-state index contributed by atoms with van der Waals surface area (Å²) in [5.74, 6) is 1.58. The molecule has 2 N–H and O–H groups in total. The monoisotopic (exact) mass is 454 g/mol. The van der Waals surface area contributed by atoms with Crippen LogP contribution >= 0.6 is 0 Å². The second-order valence-corrected chi connectivity index (χ2v) is 8.51. The van der Waals surface area contributed by atoms with Crippen molar-refractivity contribution in [3.8, 4) is 0 Å². The lowest BCUT2D eigenvalue weighted by molar-refractivity contribution is -0.118. The number of aromatic nitrogens is 5. The number of aryl methyl sites for hydroxylation is 1. The maximum atomic E-state index is 12.6. The Balaban J connectivity index is 1.25. The first kappa shape index (κ1) is 21.2. The number of alkyl halides is 2. The first-order chi connectivity index (χ1) is 15.9. The fourth-order valence-corrected chi connectivity index (χ4v) is 4.10. The Bertz CT molecular complexity index is 1180. The molecule has 33 heavy (non-hydrogen) atoms. The molecule has 0 bridgehead atoms. The van der Waals surface area contributed by atoms with Crippen LogP contribution < -0.4 is 15.5 Å². The minimum Gasteiger partial charge on any atom is -0.350 e. The SMILES string of the molecule is Cc1nc(NCc2cnn(Cc3ccc(C(F)F)nc3)c2)nc2c1NC(=O)C(C1CC1)N2C. The number of likely N-dealkylation sites (N-methyl/N-ethyl adjacent to an activating group) is 1. The number of hydrogen-bond acceptors (Lipinski definition) is 7. The summed E-state index contributed by atoms with van der Waals surface area (Å²) in [6, 6.07) is 2.76. The Morgan fingerprint density at radius 3 is 2.73 bits per heavy atom. The molecule has 0 saturated heterocycles. The summed E-state index contributed by atoms with van der Waals surface area (Å²) in [7, 11) is 1.91. The molecule has 4 heterocycles. The van der Waals surface area contributed by atoms with Crippen LogP contribution in [0.15, 0.2) is 30.7 Å². The average Bonchev–Trinajstić information content (AvgIpc) is 3.52. The molecule has 172 valence electrons. The topological polar surface area (TPSA) is 101 Å². The molecule has 1 aliphatic carbocycles. The minimum absolute atomic E-state index is 0.00590. The number of carbonyl (C=O) groups excluding carboxylic acids is 1. The highest BCUT2D eigenvalue weighted by molar-refractivity contribution is 6.03. The van der Waals surface area contributed by atoms with E-state index in [9.17, 15) is 13.6 Å². The molecule has 2 aliphatic rings. The highest BCUT2D eigenvalue weighted by Gasteiger charge is 2.43. The van der Waals surface area contributed by atoms with Crippen molar-refractivity contribution in [2.75, 3.05) is 22.6 Å². The Morgan fingerprint density at radius 2 is 2.03 bits per heavy atom. The van der Waals surface area contributed by atoms with E-state index < -0.39 is 6.43 Å². The predicted molar refractivity (Wildman–Crippen MR) is 118 cm³/mol. The third kappa shape index (κ3) is 4.35. The van der Waals surface area contributed by atoms with E-state index in [1.807, 2.05) is 25.1 Å². The van der Waals surface area contributed by atoms with E-state index in [0.29, 0.717) is 36.3 Å². The van der Waals surface area contributed by atoms with Gasteiger partial charge < -0.3 is 15.5 Å². The second-order valence-electron chi connectivity index (χ2n) is 8.51. The van der Waals surface area contributed by atoms with Gasteiger partial charge in [0.05, 0.1) is 18.4 Å². The summed E-state index contributed by atoms with van der Waals surface area (Å²) in [4.78, 5) is 27.4. The fraction of sp³-hybridized carbons (Fsp3) is 0.409. The first-order valence-corrected chi connectivity index (χ1v) is 10.8. The van der Waals surface area contributed by atoms with Gasteiger partial charge in [-0.3, -0.25) is 14.5 Å². The van der Waals surface area contributed by atoms with E-state index in [4.69, 9.17) is 0 Å². The zero-order valence-electron chi connectivity index (χ0n) is 18.3. The van der Waals surface area contributed by atoms with E-state index in [0.717, 1.165) is 29.8 Å². The molecule has 9 nitrogen and oxygen atoms in total. The van der Waals surface area contributed by atoms with Crippen LogP contribution in [0.4, 0.5) is 26.2 Å². The summed E-state index contributed by atoms with van der Waals surface area (Å²) in [6.07, 6.45) is 4.58. The molecule has 3 aromatic heterocycles. The number of amides is 1. The molecule has 0 radical (unpaired) electrons. The molecular formula is C22H24F2N8O. The number of halogens is 2. The van der Waals surface area contributed by atoms with Gasteiger partial charge in [0.15, 0.2) is 5.82 Å². The van der Waals surface area contributed by atoms with Crippen LogP contribution in [0.2, 0.25) is 0 Å². The predicted octanol–water partition coefficient (Wildman–Crippen LogP) is 3.14. The summed E-state index contributed by atoms with van der Waals surface area (Å²) in [5, 5.41) is 10.5. The van der Waals surface area contributed by atoms with Crippen molar-refractivity contribution < 1.29 is 13.6 Å². The number of carbonyl (C=O) groups is 1. The van der Waals surface area contributed by atoms with Gasteiger partial charge in [0.1, 0.15) is 17.4 Å². The van der Waals surface area contributed by atoms with E-state index in [1.165, 1.54) is 12.3 Å². The molecule has 5 rings (SSSR count). The molecule has 1 aliphatic heterocycles. The lowest BCUT2D eigenvalue weighted by atomic mass is 10.1. The van der Waals surface area contributed by atoms with Crippen molar-refractivity contribution >= 4 is 23.4 Å². The summed E-state index contributed by atoms with van der Waals surface area (Å²) >= 11 is 0. The second kappa shape index (κ2) is 8.38. The molecule has 1 atom stereocenters. The maximum absolute atomic E-state index is 12.6. The standard InChI is InChI=1S/C22H24F2N8O/c1-12-17-20(31(2)18(15-4-5-15)21(33)29-17)30-22(28-12)26-8-14-9-27-32(11-14)10-13-3-6-16(19(23)24)25-7-13/h3,6-7,9,11,15,18-19H,4-5,8,10H2,1-2H3,(H,29,33)(H,26,28,30). The largest absolute Gasteiger partial charge is 0.350 e. The van der Waals surface area contributed by atoms with Gasteiger partial charge in [-0.15, -0.1) is 0 Å². The van der Waals surface area contributed by atoms with Gasteiger partial charge in [-0.05, 0) is 37.3 Å². The number of rotatable bonds is 7. The summed E-state index contributed by atoms with van der Waals surface area (Å²) in [6.45, 7) is 2.74. The van der Waals surface area contributed by atoms with Gasteiger partial charge in [-0.1, -0.05) is 6.07 Å². The smallest absolute Gasteiger partial charge is 0.280 e. The van der Waals surface area contributed by atoms with Crippen molar-refractivity contribution in [3.63, 3.8) is 0 Å². The van der Waals surface area contributed by atoms with Crippen molar-refractivity contribution in [2.45, 2.75) is 45.3 Å².